The van der Waals surface area contributed by atoms with E-state index in [1.54, 1.807) is 0 Å². The molecule has 1 aliphatic heterocycles. The number of aromatic amines is 1. The molecule has 3 unspecified atom stereocenters. The Morgan fingerprint density at radius 1 is 1.28 bits per heavy atom. The Morgan fingerprint density at radius 2 is 2.11 bits per heavy atom. The Hall–Kier alpha value is -1.25. The van der Waals surface area contributed by atoms with Gasteiger partial charge < -0.3 is 9.88 Å². The fraction of sp³-hybridized carbons (Fsp3) is 0.667. The van der Waals surface area contributed by atoms with Crippen LogP contribution in [0.1, 0.15) is 43.8 Å². The zero-order valence-electron chi connectivity index (χ0n) is 10.6. The first kappa shape index (κ1) is 10.7. The predicted molar refractivity (Wildman–Crippen MR) is 68.8 cm³/mol. The minimum absolute atomic E-state index is 0.310. The van der Waals surface area contributed by atoms with E-state index in [9.17, 15) is 4.79 Å². The molecule has 3 nitrogen and oxygen atoms in total. The van der Waals surface area contributed by atoms with Crippen LogP contribution in [0.4, 0.5) is 0 Å². The quantitative estimate of drug-likeness (QED) is 0.853. The summed E-state index contributed by atoms with van der Waals surface area (Å²) in [6.07, 6.45) is 7.95. The molecule has 1 aromatic rings. The standard InChI is InChI=1S/C15H20N2O/c18-15(12-8-10-7-11(10)9-12)17-6-2-4-14(17)13-3-1-5-16-13/h1,3,5,10-12,14,16H,2,4,6-9H2. The second-order valence-corrected chi connectivity index (χ2v) is 6.24. The minimum Gasteiger partial charge on any atom is -0.363 e. The molecule has 0 radical (unpaired) electrons. The van der Waals surface area contributed by atoms with Gasteiger partial charge in [0.2, 0.25) is 5.91 Å². The van der Waals surface area contributed by atoms with Gasteiger partial charge in [0.15, 0.2) is 0 Å². The van der Waals surface area contributed by atoms with E-state index in [1.165, 1.54) is 12.1 Å². The summed E-state index contributed by atoms with van der Waals surface area (Å²) in [5.74, 6) is 2.56. The Bertz CT molecular complexity index is 443. The van der Waals surface area contributed by atoms with Crippen LogP contribution in [0.15, 0.2) is 18.3 Å². The minimum atomic E-state index is 0.310. The number of carbonyl (C=O) groups excluding carboxylic acids is 1. The van der Waals surface area contributed by atoms with Crippen LogP contribution >= 0.6 is 0 Å². The average molecular weight is 244 g/mol. The molecular weight excluding hydrogens is 224 g/mol. The molecule has 0 bridgehead atoms. The Labute approximate surface area is 108 Å². The van der Waals surface area contributed by atoms with Crippen molar-refractivity contribution in [3.05, 3.63) is 24.0 Å². The van der Waals surface area contributed by atoms with Crippen LogP contribution in [-0.4, -0.2) is 22.3 Å². The number of nitrogens with zero attached hydrogens (tertiary/aromatic N) is 1. The normalized spacial score (nSPS) is 37.9. The molecule has 1 N–H and O–H groups in total. The van der Waals surface area contributed by atoms with E-state index in [2.05, 4.69) is 16.0 Å². The Balaban J connectivity index is 1.51. The maximum Gasteiger partial charge on any atom is 0.226 e. The van der Waals surface area contributed by atoms with Crippen LogP contribution in [0.2, 0.25) is 0 Å². The van der Waals surface area contributed by atoms with Crippen molar-refractivity contribution in [2.24, 2.45) is 17.8 Å². The summed E-state index contributed by atoms with van der Waals surface area (Å²) in [4.78, 5) is 18.0. The number of aromatic nitrogens is 1. The molecule has 0 aromatic carbocycles. The van der Waals surface area contributed by atoms with Crippen LogP contribution in [0, 0.1) is 17.8 Å². The molecule has 1 aromatic heterocycles. The number of nitrogens with one attached hydrogen (secondary N) is 1. The molecular formula is C15H20N2O. The van der Waals surface area contributed by atoms with Crippen LogP contribution in [0.5, 0.6) is 0 Å². The van der Waals surface area contributed by atoms with Crippen molar-refractivity contribution in [1.82, 2.24) is 9.88 Å². The number of fused-ring (bicyclic) bond motifs is 1. The smallest absolute Gasteiger partial charge is 0.226 e. The van der Waals surface area contributed by atoms with E-state index in [1.807, 2.05) is 12.3 Å². The van der Waals surface area contributed by atoms with E-state index in [-0.39, 0.29) is 0 Å². The van der Waals surface area contributed by atoms with Crippen LogP contribution < -0.4 is 0 Å². The lowest BCUT2D eigenvalue weighted by atomic mass is 10.0. The van der Waals surface area contributed by atoms with E-state index in [0.29, 0.717) is 17.9 Å². The number of rotatable bonds is 2. The predicted octanol–water partition coefficient (Wildman–Crippen LogP) is 2.72. The number of hydrogen-bond acceptors (Lipinski definition) is 1. The third-order valence-corrected chi connectivity index (χ3v) is 5.11. The van der Waals surface area contributed by atoms with Crippen molar-refractivity contribution in [2.45, 2.75) is 38.1 Å². The Morgan fingerprint density at radius 3 is 2.83 bits per heavy atom. The zero-order chi connectivity index (χ0) is 12.1. The molecule has 18 heavy (non-hydrogen) atoms. The van der Waals surface area contributed by atoms with Gasteiger partial charge in [0.1, 0.15) is 0 Å². The summed E-state index contributed by atoms with van der Waals surface area (Å²) in [5, 5.41) is 0. The maximum absolute atomic E-state index is 12.6. The topological polar surface area (TPSA) is 36.1 Å². The van der Waals surface area contributed by atoms with E-state index in [0.717, 1.165) is 44.1 Å². The fourth-order valence-corrected chi connectivity index (χ4v) is 4.06. The lowest BCUT2D eigenvalue weighted by molar-refractivity contribution is -0.136. The number of amides is 1. The van der Waals surface area contributed by atoms with Crippen molar-refractivity contribution in [2.75, 3.05) is 6.54 Å². The SMILES string of the molecule is O=C(C1CC2CC2C1)N1CCCC1c1ccc[nH]1. The summed E-state index contributed by atoms with van der Waals surface area (Å²) < 4.78 is 0. The molecule has 1 saturated heterocycles. The average Bonchev–Trinajstić information content (AvgIpc) is 2.93. The van der Waals surface area contributed by atoms with Crippen LogP contribution in [0.25, 0.3) is 0 Å². The third-order valence-electron chi connectivity index (χ3n) is 5.11. The first-order chi connectivity index (χ1) is 8.83. The number of hydrogen-bond donors (Lipinski definition) is 1. The number of carbonyl (C=O) groups is 1. The number of likely N-dealkylation sites (tertiary alicyclic amines) is 1. The van der Waals surface area contributed by atoms with Gasteiger partial charge in [-0.05, 0) is 56.1 Å². The number of H-pyrrole nitrogens is 1. The largest absolute Gasteiger partial charge is 0.363 e. The molecule has 3 atom stereocenters. The highest BCUT2D eigenvalue weighted by molar-refractivity contribution is 5.80. The molecule has 0 spiro atoms. The molecule has 2 saturated carbocycles. The van der Waals surface area contributed by atoms with Crippen molar-refractivity contribution in [3.8, 4) is 0 Å². The van der Waals surface area contributed by atoms with Crippen molar-refractivity contribution in [3.63, 3.8) is 0 Å². The van der Waals surface area contributed by atoms with Crippen LogP contribution in [-0.2, 0) is 4.79 Å². The van der Waals surface area contributed by atoms with Crippen LogP contribution in [0.3, 0.4) is 0 Å². The fourth-order valence-electron chi connectivity index (χ4n) is 4.06. The highest BCUT2D eigenvalue weighted by atomic mass is 16.2. The molecule has 4 rings (SSSR count). The monoisotopic (exact) mass is 244 g/mol. The van der Waals surface area contributed by atoms with Gasteiger partial charge in [-0.25, -0.2) is 0 Å². The third kappa shape index (κ3) is 1.60. The Kier molecular flexibility index (Phi) is 2.29. The van der Waals surface area contributed by atoms with Gasteiger partial charge in [-0.15, -0.1) is 0 Å². The zero-order valence-corrected chi connectivity index (χ0v) is 10.6. The molecule has 2 heterocycles. The summed E-state index contributed by atoms with van der Waals surface area (Å²) in [7, 11) is 0. The molecule has 3 fully saturated rings. The highest BCUT2D eigenvalue weighted by Gasteiger charge is 2.49. The van der Waals surface area contributed by atoms with Gasteiger partial charge in [-0.1, -0.05) is 0 Å². The molecule has 3 aliphatic rings. The van der Waals surface area contributed by atoms with Crippen molar-refractivity contribution >= 4 is 5.91 Å². The van der Waals surface area contributed by atoms with E-state index < -0.39 is 0 Å². The van der Waals surface area contributed by atoms with E-state index >= 15 is 0 Å². The van der Waals surface area contributed by atoms with Crippen molar-refractivity contribution < 1.29 is 4.79 Å². The lowest BCUT2D eigenvalue weighted by Gasteiger charge is -2.27. The first-order valence-corrected chi connectivity index (χ1v) is 7.26. The maximum atomic E-state index is 12.6. The van der Waals surface area contributed by atoms with Gasteiger partial charge in [0, 0.05) is 24.4 Å². The van der Waals surface area contributed by atoms with Gasteiger partial charge >= 0.3 is 0 Å². The lowest BCUT2D eigenvalue weighted by Crippen LogP contribution is -2.35. The molecule has 1 amide bonds. The van der Waals surface area contributed by atoms with Gasteiger partial charge in [-0.3, -0.25) is 4.79 Å². The highest BCUT2D eigenvalue weighted by Crippen LogP contribution is 2.55. The second kappa shape index (κ2) is 3.87. The molecule has 2 aliphatic carbocycles. The van der Waals surface area contributed by atoms with E-state index in [4.69, 9.17) is 0 Å². The van der Waals surface area contributed by atoms with Gasteiger partial charge in [-0.2, -0.15) is 0 Å². The summed E-state index contributed by atoms with van der Waals surface area (Å²) >= 11 is 0. The van der Waals surface area contributed by atoms with Crippen molar-refractivity contribution in [1.29, 1.82) is 0 Å². The second-order valence-electron chi connectivity index (χ2n) is 6.24. The summed E-state index contributed by atoms with van der Waals surface area (Å²) in [6.45, 7) is 0.953. The van der Waals surface area contributed by atoms with Gasteiger partial charge in [0.25, 0.3) is 0 Å². The first-order valence-electron chi connectivity index (χ1n) is 7.26. The summed E-state index contributed by atoms with van der Waals surface area (Å²) in [6, 6.07) is 4.45. The van der Waals surface area contributed by atoms with Gasteiger partial charge in [0.05, 0.1) is 6.04 Å². The summed E-state index contributed by atoms with van der Waals surface area (Å²) in [5.41, 5.74) is 1.21. The molecule has 3 heteroatoms. The molecule has 96 valence electrons.